The van der Waals surface area contributed by atoms with Crippen LogP contribution in [0.4, 0.5) is 8.78 Å². The molecule has 0 bridgehead atoms. The van der Waals surface area contributed by atoms with Crippen LogP contribution >= 0.6 is 0 Å². The maximum atomic E-state index is 15.0. The molecule has 204 valence electrons. The van der Waals surface area contributed by atoms with Crippen LogP contribution in [0.5, 0.6) is 0 Å². The number of fused-ring (bicyclic) bond motifs is 1. The van der Waals surface area contributed by atoms with Gasteiger partial charge < -0.3 is 10.2 Å². The number of nitrogens with zero attached hydrogens (tertiary/aromatic N) is 2. The van der Waals surface area contributed by atoms with Crippen molar-refractivity contribution in [3.8, 4) is 0 Å². The first-order valence-corrected chi connectivity index (χ1v) is 13.8. The van der Waals surface area contributed by atoms with Crippen molar-refractivity contribution in [3.63, 3.8) is 0 Å². The van der Waals surface area contributed by atoms with Gasteiger partial charge >= 0.3 is 0 Å². The van der Waals surface area contributed by atoms with Crippen LogP contribution in [-0.4, -0.2) is 40.5 Å². The molecular formula is C33H31F2N3O2. The molecule has 2 heterocycles. The number of carbonyl (C=O) groups is 2. The number of rotatable bonds is 7. The van der Waals surface area contributed by atoms with Gasteiger partial charge in [0.05, 0.1) is 24.5 Å². The van der Waals surface area contributed by atoms with Crippen LogP contribution < -0.4 is 5.32 Å². The number of nitrogens with one attached hydrogen (secondary N) is 1. The van der Waals surface area contributed by atoms with Crippen LogP contribution in [0.25, 0.3) is 10.9 Å². The molecule has 40 heavy (non-hydrogen) atoms. The molecule has 2 aliphatic rings. The molecule has 2 amide bonds. The van der Waals surface area contributed by atoms with Crippen molar-refractivity contribution in [3.05, 3.63) is 113 Å². The molecule has 5 nitrogen and oxygen atoms in total. The number of halogens is 2. The largest absolute Gasteiger partial charge is 0.343 e. The zero-order chi connectivity index (χ0) is 27.8. The summed E-state index contributed by atoms with van der Waals surface area (Å²) in [6.45, 7) is 1.79. The van der Waals surface area contributed by atoms with E-state index in [0.717, 1.165) is 40.6 Å². The quantitative estimate of drug-likeness (QED) is 0.316. The van der Waals surface area contributed by atoms with Crippen molar-refractivity contribution in [2.45, 2.75) is 56.8 Å². The zero-order valence-corrected chi connectivity index (χ0v) is 22.3. The fourth-order valence-electron chi connectivity index (χ4n) is 5.66. The highest BCUT2D eigenvalue weighted by Crippen LogP contribution is 2.42. The highest BCUT2D eigenvalue weighted by atomic mass is 19.1. The smallest absolute Gasteiger partial charge is 0.243 e. The molecule has 3 atom stereocenters. The van der Waals surface area contributed by atoms with Gasteiger partial charge in [0.1, 0.15) is 18.0 Å². The second kappa shape index (κ2) is 10.8. The monoisotopic (exact) mass is 539 g/mol. The van der Waals surface area contributed by atoms with Crippen molar-refractivity contribution in [1.82, 2.24) is 15.2 Å². The Morgan fingerprint density at radius 3 is 2.55 bits per heavy atom. The van der Waals surface area contributed by atoms with E-state index in [1.807, 2.05) is 73.7 Å². The number of benzene rings is 3. The fraction of sp³-hybridized carbons (Fsp3) is 0.303. The summed E-state index contributed by atoms with van der Waals surface area (Å²) in [7, 11) is 0. The third kappa shape index (κ3) is 5.46. The summed E-state index contributed by atoms with van der Waals surface area (Å²) in [5.74, 6) is -0.776. The van der Waals surface area contributed by atoms with Crippen LogP contribution in [-0.2, 0) is 16.0 Å². The summed E-state index contributed by atoms with van der Waals surface area (Å²) in [6, 6.07) is 22.3. The summed E-state index contributed by atoms with van der Waals surface area (Å²) < 4.78 is 29.6. The summed E-state index contributed by atoms with van der Waals surface area (Å²) in [5, 5.41) is 3.92. The number of hydrogen-bond acceptors (Lipinski definition) is 3. The van der Waals surface area contributed by atoms with E-state index in [2.05, 4.69) is 10.3 Å². The van der Waals surface area contributed by atoms with Gasteiger partial charge in [0.15, 0.2) is 0 Å². The molecule has 0 unspecified atom stereocenters. The fourth-order valence-corrected chi connectivity index (χ4v) is 5.66. The number of alkyl halides is 1. The van der Waals surface area contributed by atoms with Gasteiger partial charge in [-0.2, -0.15) is 0 Å². The molecule has 1 N–H and O–H groups in total. The zero-order valence-electron chi connectivity index (χ0n) is 22.3. The number of pyridine rings is 1. The Morgan fingerprint density at radius 2 is 1.80 bits per heavy atom. The molecule has 7 heteroatoms. The number of aromatic nitrogens is 1. The van der Waals surface area contributed by atoms with Gasteiger partial charge in [0, 0.05) is 17.5 Å². The van der Waals surface area contributed by atoms with Crippen LogP contribution in [0, 0.1) is 12.7 Å². The summed E-state index contributed by atoms with van der Waals surface area (Å²) >= 11 is 0. The van der Waals surface area contributed by atoms with E-state index in [1.54, 1.807) is 6.07 Å². The lowest BCUT2D eigenvalue weighted by atomic mass is 9.96. The predicted molar refractivity (Wildman–Crippen MR) is 150 cm³/mol. The van der Waals surface area contributed by atoms with E-state index >= 15 is 0 Å². The molecule has 0 radical (unpaired) electrons. The number of hydrogen-bond donors (Lipinski definition) is 1. The van der Waals surface area contributed by atoms with Crippen LogP contribution in [0.15, 0.2) is 78.9 Å². The third-order valence-corrected chi connectivity index (χ3v) is 7.92. The molecule has 4 aromatic rings. The van der Waals surface area contributed by atoms with Gasteiger partial charge in [-0.3, -0.25) is 14.6 Å². The van der Waals surface area contributed by atoms with Gasteiger partial charge in [-0.1, -0.05) is 54.6 Å². The summed E-state index contributed by atoms with van der Waals surface area (Å²) in [4.78, 5) is 32.8. The van der Waals surface area contributed by atoms with Crippen LogP contribution in [0.3, 0.4) is 0 Å². The number of aryl methyl sites for hydroxylation is 1. The third-order valence-electron chi connectivity index (χ3n) is 7.92. The van der Waals surface area contributed by atoms with E-state index in [9.17, 15) is 18.4 Å². The molecule has 3 aromatic carbocycles. The van der Waals surface area contributed by atoms with Gasteiger partial charge in [0.2, 0.25) is 11.8 Å². The van der Waals surface area contributed by atoms with E-state index < -0.39 is 24.2 Å². The van der Waals surface area contributed by atoms with E-state index in [4.69, 9.17) is 0 Å². The van der Waals surface area contributed by atoms with Gasteiger partial charge in [0.25, 0.3) is 0 Å². The lowest BCUT2D eigenvalue weighted by Crippen LogP contribution is -2.47. The number of amides is 2. The second-order valence-electron chi connectivity index (χ2n) is 11.0. The van der Waals surface area contributed by atoms with Crippen molar-refractivity contribution in [2.24, 2.45) is 0 Å². The molecule has 1 aliphatic carbocycles. The Kier molecular flexibility index (Phi) is 7.05. The van der Waals surface area contributed by atoms with E-state index in [0.29, 0.717) is 11.1 Å². The Hall–Kier alpha value is -4.13. The van der Waals surface area contributed by atoms with Crippen LogP contribution in [0.2, 0.25) is 0 Å². The van der Waals surface area contributed by atoms with Crippen molar-refractivity contribution < 1.29 is 18.4 Å². The standard InChI is InChI=1S/C33H31F2N3O2/c1-20-7-9-24-15-21(8-14-29(24)36-20)16-31(39)38-19-26(34)18-30(38)33(40)37-32(23-5-3-2-4-6-23)25-12-13-27(22-10-11-22)28(35)17-25/h2-9,12-15,17,22,26,30,32H,10-11,16,18-19H2,1H3,(H,37,40)/t26-,30+,32+/m1/s1. The maximum Gasteiger partial charge on any atom is 0.243 e. The molecule has 1 aromatic heterocycles. The first-order chi connectivity index (χ1) is 19.4. The molecular weight excluding hydrogens is 508 g/mol. The minimum absolute atomic E-state index is 0.0519. The predicted octanol–water partition coefficient (Wildman–Crippen LogP) is 5.95. The SMILES string of the molecule is Cc1ccc2cc(CC(=O)N3C[C@H](F)C[C@H]3C(=O)N[C@@H](c3ccccc3)c3ccc(C4CC4)c(F)c3)ccc2n1. The van der Waals surface area contributed by atoms with Crippen molar-refractivity contribution in [2.75, 3.05) is 6.54 Å². The Labute approximate surface area is 232 Å². The highest BCUT2D eigenvalue weighted by molar-refractivity contribution is 5.90. The number of carbonyl (C=O) groups excluding carboxylic acids is 2. The lowest BCUT2D eigenvalue weighted by molar-refractivity contribution is -0.138. The molecule has 2 fully saturated rings. The molecule has 1 aliphatic heterocycles. The Balaban J connectivity index is 1.22. The first kappa shape index (κ1) is 26.1. The second-order valence-corrected chi connectivity index (χ2v) is 11.0. The molecule has 6 rings (SSSR count). The maximum absolute atomic E-state index is 15.0. The van der Waals surface area contributed by atoms with E-state index in [1.165, 1.54) is 11.0 Å². The minimum atomic E-state index is -1.30. The number of likely N-dealkylation sites (tertiary alicyclic amines) is 1. The first-order valence-electron chi connectivity index (χ1n) is 13.8. The van der Waals surface area contributed by atoms with Crippen LogP contribution in [0.1, 0.15) is 59.2 Å². The summed E-state index contributed by atoms with van der Waals surface area (Å²) in [5.41, 5.74) is 4.61. The van der Waals surface area contributed by atoms with Crippen molar-refractivity contribution in [1.29, 1.82) is 0 Å². The van der Waals surface area contributed by atoms with Crippen molar-refractivity contribution >= 4 is 22.7 Å². The average molecular weight is 540 g/mol. The minimum Gasteiger partial charge on any atom is -0.343 e. The van der Waals surface area contributed by atoms with Gasteiger partial charge in [-0.15, -0.1) is 0 Å². The van der Waals surface area contributed by atoms with Gasteiger partial charge in [-0.05, 0) is 72.2 Å². The average Bonchev–Trinajstić information content (AvgIpc) is 3.72. The molecule has 1 saturated heterocycles. The summed E-state index contributed by atoms with van der Waals surface area (Å²) in [6.07, 6.45) is 0.654. The lowest BCUT2D eigenvalue weighted by Gasteiger charge is -2.27. The van der Waals surface area contributed by atoms with Gasteiger partial charge in [-0.25, -0.2) is 8.78 Å². The Morgan fingerprint density at radius 1 is 1.00 bits per heavy atom. The van der Waals surface area contributed by atoms with E-state index in [-0.39, 0.29) is 37.0 Å². The highest BCUT2D eigenvalue weighted by Gasteiger charge is 2.40. The normalized spacial score (nSPS) is 19.5. The molecule has 1 saturated carbocycles. The molecule has 0 spiro atoms. The topological polar surface area (TPSA) is 62.3 Å². The Bertz CT molecular complexity index is 1570.